The number of alkyl halides is 2. The van der Waals surface area contributed by atoms with Gasteiger partial charge in [-0.25, -0.2) is 13.6 Å². The van der Waals surface area contributed by atoms with Crippen molar-refractivity contribution >= 4 is 23.3 Å². The molecule has 0 amide bonds. The molecule has 7 heteroatoms. The molecule has 0 heterocycles. The Kier molecular flexibility index (Phi) is 7.99. The number of hydrogen-bond acceptors (Lipinski definition) is 5. The van der Waals surface area contributed by atoms with Crippen LogP contribution in [0.2, 0.25) is 0 Å². The average molecular weight is 370 g/mol. The van der Waals surface area contributed by atoms with E-state index in [1.54, 1.807) is 0 Å². The molecular weight excluding hydrogens is 346 g/mol. The SMILES string of the molecule is C=CCOC(=O)C1(F)CCC(=O)CC1=O.C=CC[C@]1(F)CCCCC1=O. The lowest BCUT2D eigenvalue weighted by molar-refractivity contribution is -0.164. The molecule has 0 saturated heterocycles. The standard InChI is InChI=1S/C10H11FO4.C9H13FO/c1-2-5-15-9(14)10(11)4-3-7(12)6-8(10)13;1-2-6-9(10)7-4-3-5-8(9)11/h2H,1,3-6H2;2H,1,3-7H2/t;9-/m.0/s1. The van der Waals surface area contributed by atoms with Crippen molar-refractivity contribution < 1.29 is 32.7 Å². The Bertz CT molecular complexity index is 601. The number of esters is 1. The number of rotatable bonds is 5. The first kappa shape index (κ1) is 21.9. The number of ether oxygens (including phenoxy) is 1. The molecule has 0 aromatic heterocycles. The lowest BCUT2D eigenvalue weighted by atomic mass is 9.83. The second-order valence-corrected chi connectivity index (χ2v) is 6.42. The molecule has 26 heavy (non-hydrogen) atoms. The van der Waals surface area contributed by atoms with E-state index in [9.17, 15) is 28.0 Å². The van der Waals surface area contributed by atoms with Crippen LogP contribution >= 0.6 is 0 Å². The van der Waals surface area contributed by atoms with Crippen molar-refractivity contribution in [2.24, 2.45) is 0 Å². The van der Waals surface area contributed by atoms with Gasteiger partial charge in [-0.1, -0.05) is 18.7 Å². The molecule has 2 rings (SSSR count). The van der Waals surface area contributed by atoms with Crippen LogP contribution < -0.4 is 0 Å². The Morgan fingerprint density at radius 3 is 2.27 bits per heavy atom. The number of halogens is 2. The van der Waals surface area contributed by atoms with Crippen LogP contribution in [0, 0.1) is 0 Å². The van der Waals surface area contributed by atoms with Crippen LogP contribution in [-0.2, 0) is 23.9 Å². The van der Waals surface area contributed by atoms with Crippen LogP contribution in [-0.4, -0.2) is 41.3 Å². The summed E-state index contributed by atoms with van der Waals surface area (Å²) in [5.41, 5.74) is -4.21. The minimum atomic E-state index is -2.64. The zero-order valence-corrected chi connectivity index (χ0v) is 14.7. The van der Waals surface area contributed by atoms with Gasteiger partial charge >= 0.3 is 5.97 Å². The third kappa shape index (κ3) is 5.41. The largest absolute Gasteiger partial charge is 0.459 e. The van der Waals surface area contributed by atoms with Gasteiger partial charge in [0, 0.05) is 25.7 Å². The van der Waals surface area contributed by atoms with Gasteiger partial charge in [-0.15, -0.1) is 6.58 Å². The molecule has 2 aliphatic carbocycles. The van der Waals surface area contributed by atoms with Gasteiger partial charge in [-0.2, -0.15) is 0 Å². The van der Waals surface area contributed by atoms with Crippen LogP contribution in [0.1, 0.15) is 51.4 Å². The average Bonchev–Trinajstić information content (AvgIpc) is 2.60. The van der Waals surface area contributed by atoms with Crippen LogP contribution in [0.3, 0.4) is 0 Å². The summed E-state index contributed by atoms with van der Waals surface area (Å²) < 4.78 is 31.9. The highest BCUT2D eigenvalue weighted by atomic mass is 19.1. The highest BCUT2D eigenvalue weighted by molar-refractivity contribution is 6.15. The van der Waals surface area contributed by atoms with E-state index in [0.29, 0.717) is 12.8 Å². The highest BCUT2D eigenvalue weighted by Crippen LogP contribution is 2.32. The summed E-state index contributed by atoms with van der Waals surface area (Å²) in [4.78, 5) is 44.4. The predicted molar refractivity (Wildman–Crippen MR) is 91.0 cm³/mol. The number of allylic oxidation sites excluding steroid dienone is 1. The normalized spacial score (nSPS) is 28.6. The minimum Gasteiger partial charge on any atom is -0.459 e. The molecule has 0 N–H and O–H groups in total. The first-order valence-corrected chi connectivity index (χ1v) is 8.55. The summed E-state index contributed by atoms with van der Waals surface area (Å²) in [6.07, 6.45) is 4.38. The van der Waals surface area contributed by atoms with Gasteiger partial charge in [-0.3, -0.25) is 14.4 Å². The van der Waals surface area contributed by atoms with Crippen LogP contribution in [0.15, 0.2) is 25.3 Å². The summed E-state index contributed by atoms with van der Waals surface area (Å²) in [5, 5.41) is 0. The molecule has 5 nitrogen and oxygen atoms in total. The van der Waals surface area contributed by atoms with E-state index in [0.717, 1.165) is 12.8 Å². The second-order valence-electron chi connectivity index (χ2n) is 6.42. The van der Waals surface area contributed by atoms with E-state index in [1.165, 1.54) is 12.2 Å². The lowest BCUT2D eigenvalue weighted by Crippen LogP contribution is -2.47. The van der Waals surface area contributed by atoms with E-state index in [-0.39, 0.29) is 31.0 Å². The molecule has 2 saturated carbocycles. The maximum absolute atomic E-state index is 13.8. The van der Waals surface area contributed by atoms with Gasteiger partial charge in [-0.05, 0) is 19.3 Å². The number of Topliss-reactive ketones (excluding diaryl/α,β-unsaturated/α-hetero) is 3. The Morgan fingerprint density at radius 2 is 1.73 bits per heavy atom. The van der Waals surface area contributed by atoms with Crippen molar-refractivity contribution in [2.45, 2.75) is 62.7 Å². The van der Waals surface area contributed by atoms with Crippen molar-refractivity contribution in [3.05, 3.63) is 25.3 Å². The highest BCUT2D eigenvalue weighted by Gasteiger charge is 2.50. The summed E-state index contributed by atoms with van der Waals surface area (Å²) in [6, 6.07) is 0. The predicted octanol–water partition coefficient (Wildman–Crippen LogP) is 3.16. The van der Waals surface area contributed by atoms with Gasteiger partial charge in [0.2, 0.25) is 0 Å². The van der Waals surface area contributed by atoms with E-state index in [2.05, 4.69) is 17.9 Å². The molecule has 2 aliphatic rings. The molecular formula is C19H24F2O5. The third-order valence-corrected chi connectivity index (χ3v) is 4.40. The molecule has 0 bridgehead atoms. The maximum Gasteiger partial charge on any atom is 0.352 e. The Labute approximate surface area is 151 Å². The molecule has 0 spiro atoms. The van der Waals surface area contributed by atoms with E-state index in [4.69, 9.17) is 0 Å². The topological polar surface area (TPSA) is 77.5 Å². The van der Waals surface area contributed by atoms with Crippen LogP contribution in [0.5, 0.6) is 0 Å². The lowest BCUT2D eigenvalue weighted by Gasteiger charge is -2.26. The zero-order valence-electron chi connectivity index (χ0n) is 14.7. The van der Waals surface area contributed by atoms with Gasteiger partial charge in [0.1, 0.15) is 12.4 Å². The number of carbonyl (C=O) groups is 4. The summed E-state index contributed by atoms with van der Waals surface area (Å²) in [7, 11) is 0. The van der Waals surface area contributed by atoms with Crippen LogP contribution in [0.4, 0.5) is 8.78 Å². The Morgan fingerprint density at radius 1 is 1.04 bits per heavy atom. The van der Waals surface area contributed by atoms with Crippen molar-refractivity contribution in [1.29, 1.82) is 0 Å². The van der Waals surface area contributed by atoms with E-state index >= 15 is 0 Å². The van der Waals surface area contributed by atoms with E-state index < -0.39 is 35.9 Å². The van der Waals surface area contributed by atoms with Crippen LogP contribution in [0.25, 0.3) is 0 Å². The fourth-order valence-electron chi connectivity index (χ4n) is 2.82. The molecule has 144 valence electrons. The molecule has 1 unspecified atom stereocenters. The Hall–Kier alpha value is -2.18. The molecule has 0 aromatic carbocycles. The number of ketones is 3. The zero-order chi connectivity index (χ0) is 19.8. The van der Waals surface area contributed by atoms with Gasteiger partial charge in [0.15, 0.2) is 17.2 Å². The monoisotopic (exact) mass is 370 g/mol. The molecule has 0 radical (unpaired) electrons. The quantitative estimate of drug-likeness (QED) is 0.422. The number of carbonyl (C=O) groups excluding carboxylic acids is 4. The Balaban J connectivity index is 0.000000273. The molecule has 0 aliphatic heterocycles. The number of hydrogen-bond donors (Lipinski definition) is 0. The van der Waals surface area contributed by atoms with Gasteiger partial charge in [0.25, 0.3) is 5.67 Å². The van der Waals surface area contributed by atoms with Crippen molar-refractivity contribution in [3.63, 3.8) is 0 Å². The molecule has 0 aromatic rings. The van der Waals surface area contributed by atoms with Crippen molar-refractivity contribution in [1.82, 2.24) is 0 Å². The smallest absolute Gasteiger partial charge is 0.352 e. The summed E-state index contributed by atoms with van der Waals surface area (Å²) >= 11 is 0. The van der Waals surface area contributed by atoms with Gasteiger partial charge in [0.05, 0.1) is 6.42 Å². The minimum absolute atomic E-state index is 0.106. The fraction of sp³-hybridized carbons (Fsp3) is 0.579. The second kappa shape index (κ2) is 9.50. The summed E-state index contributed by atoms with van der Waals surface area (Å²) in [6.45, 7) is 6.59. The van der Waals surface area contributed by atoms with Gasteiger partial charge < -0.3 is 4.74 Å². The van der Waals surface area contributed by atoms with Crippen molar-refractivity contribution in [3.8, 4) is 0 Å². The summed E-state index contributed by atoms with van der Waals surface area (Å²) in [5.74, 6) is -2.80. The third-order valence-electron chi connectivity index (χ3n) is 4.40. The van der Waals surface area contributed by atoms with Crippen molar-refractivity contribution in [2.75, 3.05) is 6.61 Å². The fourth-order valence-corrected chi connectivity index (χ4v) is 2.82. The molecule has 2 atom stereocenters. The first-order chi connectivity index (χ1) is 12.2. The molecule has 2 fully saturated rings. The first-order valence-electron chi connectivity index (χ1n) is 8.55. The van der Waals surface area contributed by atoms with E-state index in [1.807, 2.05) is 0 Å². The maximum atomic E-state index is 13.8.